The van der Waals surface area contributed by atoms with Crippen LogP contribution in [0.5, 0.6) is 0 Å². The number of carbonyl (C=O) groups is 7. The predicted molar refractivity (Wildman–Crippen MR) is 416 cm³/mol. The van der Waals surface area contributed by atoms with E-state index in [0.717, 1.165) is 61.9 Å². The van der Waals surface area contributed by atoms with Gasteiger partial charge in [0, 0.05) is 77.2 Å². The van der Waals surface area contributed by atoms with Crippen molar-refractivity contribution in [3.8, 4) is 67.5 Å². The number of ketones is 5. The number of hydrogen-bond acceptors (Lipinski definition) is 24. The summed E-state index contributed by atoms with van der Waals surface area (Å²) in [6.07, 6.45) is 3.99. The highest BCUT2D eigenvalue weighted by Gasteiger charge is 2.24. The Morgan fingerprint density at radius 2 is 0.954 bits per heavy atom. The lowest BCUT2D eigenvalue weighted by Gasteiger charge is -2.05. The lowest BCUT2D eigenvalue weighted by Crippen LogP contribution is -2.19. The maximum Gasteiger partial charge on any atom is 0.302 e. The van der Waals surface area contributed by atoms with E-state index in [9.17, 15) is 38.4 Å². The van der Waals surface area contributed by atoms with Gasteiger partial charge in [-0.05, 0) is 149 Å². The molecule has 11 aromatic rings. The first-order valence-electron chi connectivity index (χ1n) is 32.4. The standard InChI is InChI=1S/C18H18ClN3O2.C14H12ClN3O.C13H10ClNO3.C11H8ClNO2.C7H5Cl2NO.C5H8O2.C4H7NO.C4H8O2.H4N2/c1-10(2)18(23)22-11(3)9-15(20-22)16-12(4)24-21-17(16)13-5-7-14(19)8-6-13;1-8-7-12(17-16-8)13-9(2)19-18-14(13)10-3-5-11(15)6-4-10;1-8(16)6-12(17)11-7-18-15-13(11)9-2-4-10(14)5-3-9;1-7(14)10-6-15-13-11(10)8-2-4-9(12)5-3-8;8-6-3-1-5(2-4-6)7(9)10-11;1-4(6)3-5(2)7;1-4(2)5-3-6;1-3-6-4(2)5;1-2/h5-10H,1-4H3;3-7H,1-2H3,(H,16,17);2-5,7H,6H2,1H3;2-6H,1H3;1-4,11H;3H2,1-2H3;4H,1-2H3;3H2,1-2H3;1-2H2/b;;;;10-7-;;;;. The first-order chi connectivity index (χ1) is 51.2. The van der Waals surface area contributed by atoms with Crippen molar-refractivity contribution < 1.29 is 66.4 Å². The molecule has 32 heteroatoms. The van der Waals surface area contributed by atoms with Crippen molar-refractivity contribution >= 4 is 122 Å². The minimum absolute atomic E-state index is 0.0408. The number of nitrogens with two attached hydrogens (primary N) is 2. The molecule has 0 fully saturated rings. The molecule has 11 rings (SSSR count). The third-order valence-corrected chi connectivity index (χ3v) is 15.1. The number of halogens is 6. The molecule has 26 nitrogen and oxygen atoms in total. The first kappa shape index (κ1) is 91.6. The molecule has 0 bridgehead atoms. The molecular weight excluding hydrogens is 1520 g/mol. The Balaban J connectivity index is 0.000000332. The summed E-state index contributed by atoms with van der Waals surface area (Å²) in [4.78, 5) is 88.8. The molecule has 6 heterocycles. The smallest absolute Gasteiger partial charge is 0.302 e. The van der Waals surface area contributed by atoms with Crippen LogP contribution in [0.1, 0.15) is 136 Å². The lowest BCUT2D eigenvalue weighted by molar-refractivity contribution is -0.140. The van der Waals surface area contributed by atoms with E-state index in [2.05, 4.69) is 62.5 Å². The van der Waals surface area contributed by atoms with Gasteiger partial charge in [0.2, 0.25) is 12.0 Å². The Kier molecular flexibility index (Phi) is 40.0. The molecule has 570 valence electrons. The van der Waals surface area contributed by atoms with Crippen LogP contribution in [0, 0.1) is 33.6 Å². The minimum Gasteiger partial charge on any atom is -0.466 e. The second-order valence-corrected chi connectivity index (χ2v) is 25.7. The Bertz CT molecular complexity index is 4770. The van der Waals surface area contributed by atoms with Crippen molar-refractivity contribution in [2.24, 2.45) is 27.8 Å². The predicted octanol–water partition coefficient (Wildman–Crippen LogP) is 18.5. The Labute approximate surface area is 653 Å². The summed E-state index contributed by atoms with van der Waals surface area (Å²) in [5, 5.41) is 41.9. The number of Topliss-reactive ketones (excluding diaryl/α,β-unsaturated/α-hetero) is 5. The van der Waals surface area contributed by atoms with Gasteiger partial charge < -0.3 is 28.0 Å². The van der Waals surface area contributed by atoms with Crippen molar-refractivity contribution in [2.45, 2.75) is 116 Å². The molecule has 0 aliphatic rings. The highest BCUT2D eigenvalue weighted by atomic mass is 35.5. The Morgan fingerprint density at radius 3 is 1.27 bits per heavy atom. The van der Waals surface area contributed by atoms with Gasteiger partial charge in [-0.1, -0.05) is 170 Å². The molecule has 0 radical (unpaired) electrons. The molecule has 0 spiro atoms. The van der Waals surface area contributed by atoms with Gasteiger partial charge >= 0.3 is 5.97 Å². The number of oxime groups is 1. The topological polar surface area (TPSA) is 393 Å². The normalized spacial score (nSPS) is 10.2. The SMILES string of the molecule is CC(=O)CC(=O)c1conc1-c1ccc(Cl)cc1.CC(=O)CC(C)=O.CC(=O)c1conc1-c1ccc(Cl)cc1.CC(C)N=C=O.CCOC(C)=O.Cc1cc(-c2c(-c3ccc(Cl)cc3)noc2C)n[nH]1.Cc1onc(-c2ccc(Cl)cc2)c1-c1cc(C)n(C(=O)C(C)C)n1.NN.O/N=C(\Cl)c1ccc(Cl)cc1. The number of hydrogen-bond donors (Lipinski definition) is 4. The lowest BCUT2D eigenvalue weighted by atomic mass is 10.0. The van der Waals surface area contributed by atoms with Crippen LogP contribution < -0.4 is 11.7 Å². The summed E-state index contributed by atoms with van der Waals surface area (Å²) in [5.74, 6) is 8.34. The summed E-state index contributed by atoms with van der Waals surface area (Å²) in [6, 6.07) is 39.5. The molecule has 0 unspecified atom stereocenters. The summed E-state index contributed by atoms with van der Waals surface area (Å²) in [5.41, 5.74) is 12.2. The van der Waals surface area contributed by atoms with Gasteiger partial charge in [-0.3, -0.25) is 50.3 Å². The molecule has 0 aliphatic carbocycles. The van der Waals surface area contributed by atoms with E-state index in [1.54, 1.807) is 91.9 Å². The van der Waals surface area contributed by atoms with Gasteiger partial charge in [-0.15, -0.1) is 0 Å². The third kappa shape index (κ3) is 30.7. The zero-order chi connectivity index (χ0) is 80.9. The molecule has 6 N–H and O–H groups in total. The summed E-state index contributed by atoms with van der Waals surface area (Å²) >= 11 is 34.5. The molecular formula is C76H80Cl6N12O14. The zero-order valence-electron chi connectivity index (χ0n) is 61.3. The van der Waals surface area contributed by atoms with Crippen molar-refractivity contribution in [3.05, 3.63) is 211 Å². The van der Waals surface area contributed by atoms with Gasteiger partial charge in [0.1, 0.15) is 64.2 Å². The van der Waals surface area contributed by atoms with E-state index in [4.69, 9.17) is 92.9 Å². The largest absolute Gasteiger partial charge is 0.466 e. The van der Waals surface area contributed by atoms with Gasteiger partial charge in [0.05, 0.1) is 59.1 Å². The van der Waals surface area contributed by atoms with E-state index in [1.165, 1.54) is 57.9 Å². The van der Waals surface area contributed by atoms with Gasteiger partial charge in [0.25, 0.3) is 0 Å². The number of aliphatic imine (C=N–C) groups is 1. The average molecular weight is 1600 g/mol. The van der Waals surface area contributed by atoms with E-state index < -0.39 is 0 Å². The van der Waals surface area contributed by atoms with Crippen LogP contribution in [0.25, 0.3) is 67.5 Å². The molecule has 0 amide bonds. The monoisotopic (exact) mass is 1590 g/mol. The summed E-state index contributed by atoms with van der Waals surface area (Å²) in [7, 11) is 0. The first-order valence-corrected chi connectivity index (χ1v) is 34.6. The fourth-order valence-electron chi connectivity index (χ4n) is 8.75. The number of aromatic nitrogens is 8. The molecule has 5 aromatic carbocycles. The Hall–Kier alpha value is -10.6. The molecule has 0 saturated heterocycles. The second-order valence-electron chi connectivity index (χ2n) is 23.2. The second kappa shape index (κ2) is 47.1. The number of H-pyrrole nitrogens is 1. The van der Waals surface area contributed by atoms with Crippen LogP contribution in [-0.4, -0.2) is 111 Å². The third-order valence-electron chi connectivity index (χ3n) is 13.6. The van der Waals surface area contributed by atoms with E-state index >= 15 is 0 Å². The highest BCUT2D eigenvalue weighted by Crippen LogP contribution is 2.36. The number of isocyanates is 1. The molecule has 0 atom stereocenters. The van der Waals surface area contributed by atoms with Crippen molar-refractivity contribution in [1.29, 1.82) is 0 Å². The molecule has 108 heavy (non-hydrogen) atoms. The van der Waals surface area contributed by atoms with Crippen LogP contribution in [-0.2, 0) is 28.7 Å². The number of ether oxygens (including phenoxy) is 1. The number of hydrazine groups is 1. The number of nitrogens with zero attached hydrogens (tertiary/aromatic N) is 9. The quantitative estimate of drug-likeness (QED) is 0.0102. The molecule has 6 aromatic heterocycles. The average Bonchev–Trinajstić information content (AvgIpc) is 1.96. The number of aromatic amines is 1. The van der Waals surface area contributed by atoms with Crippen LogP contribution in [0.15, 0.2) is 174 Å². The van der Waals surface area contributed by atoms with Crippen LogP contribution in [0.2, 0.25) is 25.1 Å². The number of benzene rings is 5. The van der Waals surface area contributed by atoms with E-state index in [-0.39, 0.29) is 70.8 Å². The molecule has 0 saturated carbocycles. The highest BCUT2D eigenvalue weighted by molar-refractivity contribution is 6.69. The maximum absolute atomic E-state index is 12.3. The number of rotatable bonds is 16. The van der Waals surface area contributed by atoms with E-state index in [0.29, 0.717) is 76.9 Å². The van der Waals surface area contributed by atoms with Crippen LogP contribution in [0.3, 0.4) is 0 Å². The fraction of sp³-hybridized carbons (Fsp3) is 0.250. The molecule has 0 aliphatic heterocycles. The number of nitrogens with one attached hydrogen (secondary N) is 1. The maximum atomic E-state index is 12.3. The van der Waals surface area contributed by atoms with Crippen LogP contribution >= 0.6 is 69.6 Å². The zero-order valence-corrected chi connectivity index (χ0v) is 65.9. The van der Waals surface area contributed by atoms with Gasteiger partial charge in [-0.2, -0.15) is 10.2 Å². The summed E-state index contributed by atoms with van der Waals surface area (Å²) < 4.78 is 26.1. The number of aryl methyl sites for hydroxylation is 4. The summed E-state index contributed by atoms with van der Waals surface area (Å²) in [6.45, 7) is 24.2. The van der Waals surface area contributed by atoms with Crippen molar-refractivity contribution in [1.82, 2.24) is 40.6 Å². The number of esters is 1. The van der Waals surface area contributed by atoms with Crippen molar-refractivity contribution in [2.75, 3.05) is 6.61 Å². The van der Waals surface area contributed by atoms with Gasteiger partial charge in [0.15, 0.2) is 16.7 Å². The van der Waals surface area contributed by atoms with Crippen molar-refractivity contribution in [3.63, 3.8) is 0 Å². The van der Waals surface area contributed by atoms with E-state index in [1.807, 2.05) is 104 Å². The van der Waals surface area contributed by atoms with Crippen LogP contribution in [0.4, 0.5) is 0 Å². The Morgan fingerprint density at radius 1 is 0.565 bits per heavy atom. The van der Waals surface area contributed by atoms with Gasteiger partial charge in [-0.25, -0.2) is 14.5 Å². The minimum atomic E-state index is -0.297. The number of carbonyl (C=O) groups excluding carboxylic acids is 8. The fourth-order valence-corrected chi connectivity index (χ4v) is 9.50.